The summed E-state index contributed by atoms with van der Waals surface area (Å²) in [5.41, 5.74) is 0. The summed E-state index contributed by atoms with van der Waals surface area (Å²) in [7, 11) is 0. The Morgan fingerprint density at radius 2 is 0.750 bits per heavy atom. The van der Waals surface area contributed by atoms with E-state index < -0.39 is 17.9 Å². The summed E-state index contributed by atoms with van der Waals surface area (Å²) in [4.78, 5) is 27.8. The van der Waals surface area contributed by atoms with Crippen molar-refractivity contribution < 1.29 is 48.3 Å². The largest absolute Gasteiger partial charge is 0.550 e. The van der Waals surface area contributed by atoms with Crippen LogP contribution in [0.4, 0.5) is 0 Å². The molecule has 95 valence electrons. The van der Waals surface area contributed by atoms with Gasteiger partial charge in [-0.05, 0) is 19.3 Å². The van der Waals surface area contributed by atoms with Gasteiger partial charge in [-0.3, -0.25) is 0 Å². The minimum absolute atomic E-state index is 0. The van der Waals surface area contributed by atoms with Crippen LogP contribution in [0.2, 0.25) is 0 Å². The average Bonchev–Trinajstić information content (AvgIpc) is 2.19. The first-order chi connectivity index (χ1) is 6.81. The van der Waals surface area contributed by atoms with Crippen molar-refractivity contribution in [2.24, 2.45) is 0 Å². The van der Waals surface area contributed by atoms with E-state index in [1.165, 1.54) is 20.8 Å². The van der Waals surface area contributed by atoms with Crippen molar-refractivity contribution in [2.75, 3.05) is 0 Å². The molecule has 0 aliphatic rings. The Morgan fingerprint density at radius 3 is 0.750 bits per heavy atom. The number of aliphatic carboxylic acids is 3. The fourth-order valence-corrected chi connectivity index (χ4v) is 0. The van der Waals surface area contributed by atoms with Gasteiger partial charge in [0.1, 0.15) is 0 Å². The Kier molecular flexibility index (Phi) is 29.7. The van der Waals surface area contributed by atoms with Gasteiger partial charge >= 0.3 is 0 Å². The molecule has 0 aromatic rings. The van der Waals surface area contributed by atoms with Crippen molar-refractivity contribution in [3.8, 4) is 0 Å². The maximum atomic E-state index is 9.26. The van der Waals surface area contributed by atoms with Gasteiger partial charge in [0.15, 0.2) is 0 Å². The number of carbonyl (C=O) groups excluding carboxylic acids is 3. The van der Waals surface area contributed by atoms with Crippen molar-refractivity contribution in [1.29, 1.82) is 0 Å². The van der Waals surface area contributed by atoms with E-state index in [1.807, 2.05) is 0 Å². The number of hydrogen-bond acceptors (Lipinski definition) is 6. The number of carboxylic acid groups (broad SMARTS) is 3. The van der Waals surface area contributed by atoms with Crippen LogP contribution >= 0.6 is 0 Å². The van der Waals surface area contributed by atoms with E-state index >= 15 is 0 Å². The third-order valence-electron chi connectivity index (χ3n) is 0.866. The first kappa shape index (κ1) is 24.3. The minimum atomic E-state index is -0.995. The van der Waals surface area contributed by atoms with E-state index in [-0.39, 0.29) is 37.8 Å². The summed E-state index contributed by atoms with van der Waals surface area (Å²) in [6.45, 7) is 4.61. The summed E-state index contributed by atoms with van der Waals surface area (Å²) in [5, 5.41) is 27.8. The molecular formula is C9H15O6V-3. The third kappa shape index (κ3) is 74.9. The number of hydrogen-bond donors (Lipinski definition) is 0. The summed E-state index contributed by atoms with van der Waals surface area (Å²) in [6.07, 6.45) is 0.333. The standard InChI is InChI=1S/3C3H6O2.V/c3*1-2-3(4)5;/h3*2H2,1H3,(H,4,5);/p-3. The van der Waals surface area contributed by atoms with Gasteiger partial charge < -0.3 is 29.7 Å². The second-order valence-electron chi connectivity index (χ2n) is 2.18. The second kappa shape index (κ2) is 19.5. The Bertz CT molecular complexity index is 159. The Balaban J connectivity index is -0.0000000655. The molecule has 0 aliphatic carbocycles. The minimum Gasteiger partial charge on any atom is -0.550 e. The molecule has 16 heavy (non-hydrogen) atoms. The molecule has 0 spiro atoms. The van der Waals surface area contributed by atoms with Crippen LogP contribution in [0.15, 0.2) is 0 Å². The van der Waals surface area contributed by atoms with Crippen molar-refractivity contribution in [3.05, 3.63) is 0 Å². The van der Waals surface area contributed by atoms with Gasteiger partial charge in [-0.1, -0.05) is 20.8 Å². The third-order valence-corrected chi connectivity index (χ3v) is 0.866. The maximum absolute atomic E-state index is 9.26. The Hall–Kier alpha value is -1.01. The first-order valence-corrected chi connectivity index (χ1v) is 4.41. The van der Waals surface area contributed by atoms with Crippen LogP contribution in [-0.2, 0) is 32.9 Å². The van der Waals surface area contributed by atoms with E-state index in [2.05, 4.69) is 0 Å². The van der Waals surface area contributed by atoms with Gasteiger partial charge in [0.25, 0.3) is 0 Å². The molecule has 0 N–H and O–H groups in total. The van der Waals surface area contributed by atoms with Crippen LogP contribution in [-0.4, -0.2) is 17.9 Å². The van der Waals surface area contributed by atoms with Crippen molar-refractivity contribution in [2.45, 2.75) is 40.0 Å². The number of carboxylic acids is 3. The average molecular weight is 270 g/mol. The molecule has 0 rings (SSSR count). The smallest absolute Gasteiger partial charge is 0.0411 e. The second-order valence-corrected chi connectivity index (χ2v) is 2.18. The van der Waals surface area contributed by atoms with Gasteiger partial charge in [0.2, 0.25) is 0 Å². The topological polar surface area (TPSA) is 120 Å². The van der Waals surface area contributed by atoms with Crippen LogP contribution in [0, 0.1) is 0 Å². The van der Waals surface area contributed by atoms with Crippen LogP contribution < -0.4 is 15.3 Å². The summed E-state index contributed by atoms with van der Waals surface area (Å²) in [5.74, 6) is -2.99. The molecule has 0 amide bonds. The quantitative estimate of drug-likeness (QED) is 0.556. The van der Waals surface area contributed by atoms with E-state index in [9.17, 15) is 29.7 Å². The molecule has 6 nitrogen and oxygen atoms in total. The number of carbonyl (C=O) groups is 3. The molecule has 0 atom stereocenters. The number of rotatable bonds is 3. The monoisotopic (exact) mass is 270 g/mol. The van der Waals surface area contributed by atoms with Crippen molar-refractivity contribution >= 4 is 17.9 Å². The van der Waals surface area contributed by atoms with Crippen LogP contribution in [0.3, 0.4) is 0 Å². The molecule has 0 aromatic carbocycles. The van der Waals surface area contributed by atoms with E-state index in [0.29, 0.717) is 0 Å². The SMILES string of the molecule is CCC(=O)[O-].CCC(=O)[O-].CCC(=O)[O-].[V]. The molecule has 0 saturated carbocycles. The van der Waals surface area contributed by atoms with Crippen molar-refractivity contribution in [3.63, 3.8) is 0 Å². The van der Waals surface area contributed by atoms with Gasteiger partial charge in [-0.2, -0.15) is 0 Å². The zero-order chi connectivity index (χ0) is 12.9. The van der Waals surface area contributed by atoms with Crippen LogP contribution in [0.5, 0.6) is 0 Å². The molecule has 0 aromatic heterocycles. The predicted molar refractivity (Wildman–Crippen MR) is 45.9 cm³/mol. The van der Waals surface area contributed by atoms with E-state index in [4.69, 9.17) is 0 Å². The van der Waals surface area contributed by atoms with Crippen LogP contribution in [0.1, 0.15) is 40.0 Å². The van der Waals surface area contributed by atoms with Gasteiger partial charge in [0, 0.05) is 36.5 Å². The molecule has 7 heteroatoms. The Morgan fingerprint density at radius 1 is 0.688 bits per heavy atom. The Labute approximate surface area is 107 Å². The fraction of sp³-hybridized carbons (Fsp3) is 0.667. The van der Waals surface area contributed by atoms with Crippen molar-refractivity contribution in [1.82, 2.24) is 0 Å². The molecule has 0 unspecified atom stereocenters. The predicted octanol–water partition coefficient (Wildman–Crippen LogP) is -2.56. The summed E-state index contributed by atoms with van der Waals surface area (Å²) >= 11 is 0. The molecule has 0 aliphatic heterocycles. The van der Waals surface area contributed by atoms with Gasteiger partial charge in [-0.25, -0.2) is 0 Å². The summed E-state index contributed by atoms with van der Waals surface area (Å²) < 4.78 is 0. The zero-order valence-corrected chi connectivity index (χ0v) is 10.9. The molecule has 0 saturated heterocycles. The zero-order valence-electron chi connectivity index (χ0n) is 9.52. The summed E-state index contributed by atoms with van der Waals surface area (Å²) in [6, 6.07) is 0. The first-order valence-electron chi connectivity index (χ1n) is 4.41. The molecule has 0 bridgehead atoms. The van der Waals surface area contributed by atoms with E-state index in [1.54, 1.807) is 0 Å². The normalized spacial score (nSPS) is 6.94. The molecular weight excluding hydrogens is 255 g/mol. The maximum Gasteiger partial charge on any atom is 0.0411 e. The molecule has 0 heterocycles. The van der Waals surface area contributed by atoms with E-state index in [0.717, 1.165) is 0 Å². The fourth-order valence-electron chi connectivity index (χ4n) is 0. The van der Waals surface area contributed by atoms with Gasteiger partial charge in [0.05, 0.1) is 0 Å². The van der Waals surface area contributed by atoms with Crippen LogP contribution in [0.25, 0.3) is 0 Å². The van der Waals surface area contributed by atoms with Gasteiger partial charge in [-0.15, -0.1) is 0 Å². The molecule has 1 radical (unpaired) electrons. The molecule has 0 fully saturated rings.